The first-order valence-electron chi connectivity index (χ1n) is 5.76. The van der Waals surface area contributed by atoms with Crippen molar-refractivity contribution < 1.29 is 9.59 Å². The molecule has 0 heterocycles. The minimum atomic E-state index is -0.0524. The zero-order valence-corrected chi connectivity index (χ0v) is 11.2. The number of rotatable bonds is 6. The first-order chi connectivity index (χ1) is 8.63. The molecule has 0 aliphatic heterocycles. The first kappa shape index (κ1) is 14.7. The number of thioether (sulfide) groups is 1. The molecule has 0 radical (unpaired) electrons. The number of benzene rings is 1. The molecule has 18 heavy (non-hydrogen) atoms. The maximum Gasteiger partial charge on any atom is 0.185 e. The van der Waals surface area contributed by atoms with Gasteiger partial charge in [0.15, 0.2) is 10.9 Å². The van der Waals surface area contributed by atoms with E-state index in [4.69, 9.17) is 5.73 Å². The molecule has 0 aliphatic carbocycles. The van der Waals surface area contributed by atoms with E-state index < -0.39 is 0 Å². The Balaban J connectivity index is 2.45. The van der Waals surface area contributed by atoms with Gasteiger partial charge in [0.25, 0.3) is 0 Å². The second kappa shape index (κ2) is 7.84. The number of allylic oxidation sites excluding steroid dienone is 1. The highest BCUT2D eigenvalue weighted by atomic mass is 32.2. The molecule has 0 aliphatic rings. The maximum absolute atomic E-state index is 11.3. The van der Waals surface area contributed by atoms with E-state index >= 15 is 0 Å². The van der Waals surface area contributed by atoms with E-state index in [1.54, 1.807) is 19.1 Å². The third-order valence-corrected chi connectivity index (χ3v) is 3.16. The molecule has 0 saturated heterocycles. The van der Waals surface area contributed by atoms with Crippen molar-refractivity contribution in [3.05, 3.63) is 41.5 Å². The van der Waals surface area contributed by atoms with Crippen LogP contribution in [0.25, 0.3) is 6.08 Å². The largest absolute Gasteiger partial charge is 0.324 e. The van der Waals surface area contributed by atoms with Crippen LogP contribution in [0.1, 0.15) is 29.3 Å². The molecule has 0 atom stereocenters. The van der Waals surface area contributed by atoms with Gasteiger partial charge < -0.3 is 5.73 Å². The third-order valence-electron chi connectivity index (χ3n) is 2.32. The predicted octanol–water partition coefficient (Wildman–Crippen LogP) is 2.51. The van der Waals surface area contributed by atoms with E-state index in [1.165, 1.54) is 11.8 Å². The van der Waals surface area contributed by atoms with Crippen molar-refractivity contribution in [2.75, 3.05) is 12.3 Å². The van der Waals surface area contributed by atoms with Crippen LogP contribution < -0.4 is 5.73 Å². The Morgan fingerprint density at radius 2 is 1.94 bits per heavy atom. The van der Waals surface area contributed by atoms with Gasteiger partial charge in [-0.05, 0) is 12.0 Å². The normalized spacial score (nSPS) is 10.8. The topological polar surface area (TPSA) is 60.2 Å². The Morgan fingerprint density at radius 3 is 2.50 bits per heavy atom. The molecular formula is C14H17NO2S. The Labute approximate surface area is 111 Å². The molecule has 3 nitrogen and oxygen atoms in total. The number of nitrogens with two attached hydrogens (primary N) is 1. The van der Waals surface area contributed by atoms with E-state index in [9.17, 15) is 9.59 Å². The summed E-state index contributed by atoms with van der Waals surface area (Å²) in [5, 5.41) is 0.146. The van der Waals surface area contributed by atoms with Gasteiger partial charge in [-0.15, -0.1) is 0 Å². The predicted molar refractivity (Wildman–Crippen MR) is 76.6 cm³/mol. The fourth-order valence-electron chi connectivity index (χ4n) is 1.39. The van der Waals surface area contributed by atoms with Gasteiger partial charge >= 0.3 is 0 Å². The van der Waals surface area contributed by atoms with Crippen LogP contribution >= 0.6 is 11.8 Å². The molecule has 96 valence electrons. The number of hydrogen-bond acceptors (Lipinski definition) is 4. The van der Waals surface area contributed by atoms with Gasteiger partial charge in [0.1, 0.15) is 0 Å². The van der Waals surface area contributed by atoms with Gasteiger partial charge in [-0.1, -0.05) is 48.2 Å². The number of hydrogen-bond donors (Lipinski definition) is 1. The first-order valence-corrected chi connectivity index (χ1v) is 6.75. The Bertz CT molecular complexity index is 438. The SMILES string of the molecule is CC(=O)SCCC=Cc1ccc(C(=O)CN)cc1. The van der Waals surface area contributed by atoms with Gasteiger partial charge in [-0.3, -0.25) is 9.59 Å². The van der Waals surface area contributed by atoms with Gasteiger partial charge in [-0.25, -0.2) is 0 Å². The quantitative estimate of drug-likeness (QED) is 0.633. The molecule has 0 unspecified atom stereocenters. The molecule has 0 aromatic heterocycles. The van der Waals surface area contributed by atoms with Crippen molar-refractivity contribution in [1.29, 1.82) is 0 Å². The molecule has 0 amide bonds. The molecule has 1 rings (SSSR count). The third kappa shape index (κ3) is 5.29. The van der Waals surface area contributed by atoms with Gasteiger partial charge in [0, 0.05) is 18.2 Å². The van der Waals surface area contributed by atoms with Crippen molar-refractivity contribution in [3.63, 3.8) is 0 Å². The van der Waals surface area contributed by atoms with Crippen LogP contribution in [0.15, 0.2) is 30.3 Å². The number of ketones is 1. The number of carbonyl (C=O) groups is 2. The van der Waals surface area contributed by atoms with Crippen LogP contribution in [-0.4, -0.2) is 23.2 Å². The Kier molecular flexibility index (Phi) is 6.39. The van der Waals surface area contributed by atoms with Gasteiger partial charge in [-0.2, -0.15) is 0 Å². The molecule has 4 heteroatoms. The average Bonchev–Trinajstić information content (AvgIpc) is 2.38. The Hall–Kier alpha value is -1.39. The smallest absolute Gasteiger partial charge is 0.185 e. The second-order valence-electron chi connectivity index (χ2n) is 3.78. The fraction of sp³-hybridized carbons (Fsp3) is 0.286. The highest BCUT2D eigenvalue weighted by molar-refractivity contribution is 8.13. The summed E-state index contributed by atoms with van der Waals surface area (Å²) in [6.45, 7) is 1.61. The lowest BCUT2D eigenvalue weighted by atomic mass is 10.1. The standard InChI is InChI=1S/C14H17NO2S/c1-11(16)18-9-3-2-4-12-5-7-13(8-6-12)14(17)10-15/h2,4-8H,3,9-10,15H2,1H3. The minimum Gasteiger partial charge on any atom is -0.324 e. The van der Waals surface area contributed by atoms with Crippen LogP contribution in [0.4, 0.5) is 0 Å². The van der Waals surface area contributed by atoms with Crippen LogP contribution in [0.5, 0.6) is 0 Å². The summed E-state index contributed by atoms with van der Waals surface area (Å²) in [6.07, 6.45) is 4.86. The van der Waals surface area contributed by atoms with E-state index in [0.29, 0.717) is 5.56 Å². The summed E-state index contributed by atoms with van der Waals surface area (Å²) in [6, 6.07) is 7.33. The lowest BCUT2D eigenvalue weighted by molar-refractivity contribution is -0.109. The molecule has 2 N–H and O–H groups in total. The monoisotopic (exact) mass is 263 g/mol. The highest BCUT2D eigenvalue weighted by Gasteiger charge is 2.01. The van der Waals surface area contributed by atoms with Crippen LogP contribution in [0.3, 0.4) is 0 Å². The molecule has 0 fully saturated rings. The van der Waals surface area contributed by atoms with Crippen molar-refractivity contribution in [1.82, 2.24) is 0 Å². The lowest BCUT2D eigenvalue weighted by Crippen LogP contribution is -2.13. The summed E-state index contributed by atoms with van der Waals surface area (Å²) < 4.78 is 0. The van der Waals surface area contributed by atoms with Crippen molar-refractivity contribution in [2.24, 2.45) is 5.73 Å². The maximum atomic E-state index is 11.3. The highest BCUT2D eigenvalue weighted by Crippen LogP contribution is 2.09. The average molecular weight is 263 g/mol. The zero-order valence-electron chi connectivity index (χ0n) is 10.4. The van der Waals surface area contributed by atoms with Crippen molar-refractivity contribution in [3.8, 4) is 0 Å². The summed E-state index contributed by atoms with van der Waals surface area (Å²) in [7, 11) is 0. The molecule has 1 aromatic carbocycles. The second-order valence-corrected chi connectivity index (χ2v) is 5.05. The summed E-state index contributed by atoms with van der Waals surface area (Å²) in [4.78, 5) is 22.0. The van der Waals surface area contributed by atoms with E-state index in [1.807, 2.05) is 24.3 Å². The summed E-state index contributed by atoms with van der Waals surface area (Å²) >= 11 is 1.33. The number of carbonyl (C=O) groups excluding carboxylic acids is 2. The van der Waals surface area contributed by atoms with Crippen LogP contribution in [-0.2, 0) is 4.79 Å². The molecule has 0 spiro atoms. The van der Waals surface area contributed by atoms with E-state index in [-0.39, 0.29) is 17.4 Å². The van der Waals surface area contributed by atoms with Gasteiger partial charge in [0.05, 0.1) is 6.54 Å². The Morgan fingerprint density at radius 1 is 1.28 bits per heavy atom. The number of Topliss-reactive ketones (excluding diaryl/α,β-unsaturated/α-hetero) is 1. The fourth-order valence-corrected chi connectivity index (χ4v) is 1.93. The van der Waals surface area contributed by atoms with Crippen molar-refractivity contribution in [2.45, 2.75) is 13.3 Å². The molecule has 1 aromatic rings. The van der Waals surface area contributed by atoms with Gasteiger partial charge in [0.2, 0.25) is 0 Å². The minimum absolute atomic E-state index is 0.0391. The van der Waals surface area contributed by atoms with Crippen LogP contribution in [0.2, 0.25) is 0 Å². The zero-order chi connectivity index (χ0) is 13.4. The van der Waals surface area contributed by atoms with Crippen LogP contribution in [0, 0.1) is 0 Å². The summed E-state index contributed by atoms with van der Waals surface area (Å²) in [5.41, 5.74) is 6.97. The summed E-state index contributed by atoms with van der Waals surface area (Å²) in [5.74, 6) is 0.749. The lowest BCUT2D eigenvalue weighted by Gasteiger charge is -1.98. The van der Waals surface area contributed by atoms with E-state index in [2.05, 4.69) is 0 Å². The van der Waals surface area contributed by atoms with Crippen molar-refractivity contribution >= 4 is 28.7 Å². The van der Waals surface area contributed by atoms with E-state index in [0.717, 1.165) is 17.7 Å². The molecule has 0 saturated carbocycles. The molecule has 0 bridgehead atoms. The molecular weight excluding hydrogens is 246 g/mol.